The van der Waals surface area contributed by atoms with E-state index in [-0.39, 0.29) is 17.7 Å². The van der Waals surface area contributed by atoms with Gasteiger partial charge in [0, 0.05) is 44.6 Å². The minimum atomic E-state index is 0.0550. The molecule has 1 aromatic rings. The first-order valence-electron chi connectivity index (χ1n) is 10.0. The fourth-order valence-electron chi connectivity index (χ4n) is 4.13. The fraction of sp³-hybridized carbons (Fsp3) is 0.650. The molecule has 2 N–H and O–H groups in total. The van der Waals surface area contributed by atoms with Gasteiger partial charge in [0.1, 0.15) is 0 Å². The third-order valence-corrected chi connectivity index (χ3v) is 5.67. The van der Waals surface area contributed by atoms with Crippen LogP contribution in [-0.4, -0.2) is 72.4 Å². The number of likely N-dealkylation sites (N-methyl/N-ethyl adjacent to an activating group) is 1. The Morgan fingerprint density at radius 3 is 2.74 bits per heavy atom. The van der Waals surface area contributed by atoms with E-state index >= 15 is 0 Å². The Hall–Kier alpha value is -1.99. The number of likely N-dealkylation sites (tertiary alicyclic amines) is 2. The van der Waals surface area contributed by atoms with Crippen molar-refractivity contribution in [3.63, 3.8) is 0 Å². The van der Waals surface area contributed by atoms with Crippen LogP contribution in [0.2, 0.25) is 0 Å². The van der Waals surface area contributed by atoms with Crippen LogP contribution in [0.4, 0.5) is 0 Å². The number of amides is 2. The van der Waals surface area contributed by atoms with Gasteiger partial charge in [-0.15, -0.1) is 0 Å². The second-order valence-electron chi connectivity index (χ2n) is 7.56. The van der Waals surface area contributed by atoms with E-state index in [2.05, 4.69) is 20.5 Å². The van der Waals surface area contributed by atoms with Crippen molar-refractivity contribution in [3.05, 3.63) is 30.1 Å². The molecule has 7 heteroatoms. The van der Waals surface area contributed by atoms with Crippen LogP contribution in [0.25, 0.3) is 0 Å². The third kappa shape index (κ3) is 5.49. The van der Waals surface area contributed by atoms with Crippen LogP contribution >= 0.6 is 0 Å². The zero-order chi connectivity index (χ0) is 19.1. The van der Waals surface area contributed by atoms with Gasteiger partial charge in [-0.3, -0.25) is 19.5 Å². The van der Waals surface area contributed by atoms with Gasteiger partial charge in [-0.25, -0.2) is 0 Å². The molecule has 0 spiro atoms. The van der Waals surface area contributed by atoms with E-state index in [0.29, 0.717) is 19.1 Å². The Bertz CT molecular complexity index is 616. The number of aromatic nitrogens is 1. The zero-order valence-corrected chi connectivity index (χ0v) is 16.2. The summed E-state index contributed by atoms with van der Waals surface area (Å²) in [7, 11) is 1.80. The molecule has 148 valence electrons. The number of nitrogens with zero attached hydrogens (tertiary/aromatic N) is 3. The molecule has 0 unspecified atom stereocenters. The molecule has 7 nitrogen and oxygen atoms in total. The minimum Gasteiger partial charge on any atom is -0.352 e. The van der Waals surface area contributed by atoms with Gasteiger partial charge in [0.25, 0.3) is 0 Å². The predicted molar refractivity (Wildman–Crippen MR) is 104 cm³/mol. The zero-order valence-electron chi connectivity index (χ0n) is 16.2. The summed E-state index contributed by atoms with van der Waals surface area (Å²) in [5.74, 6) is 0.381. The van der Waals surface area contributed by atoms with E-state index in [4.69, 9.17) is 0 Å². The van der Waals surface area contributed by atoms with Gasteiger partial charge < -0.3 is 15.5 Å². The first-order chi connectivity index (χ1) is 13.2. The Labute approximate surface area is 161 Å². The molecule has 27 heavy (non-hydrogen) atoms. The molecular formula is C20H31N5O2. The lowest BCUT2D eigenvalue weighted by Crippen LogP contribution is -2.52. The highest BCUT2D eigenvalue weighted by molar-refractivity contribution is 5.79. The highest BCUT2D eigenvalue weighted by atomic mass is 16.2. The number of pyridine rings is 1. The third-order valence-electron chi connectivity index (χ3n) is 5.67. The highest BCUT2D eigenvalue weighted by Gasteiger charge is 2.32. The fourth-order valence-corrected chi connectivity index (χ4v) is 4.13. The number of hydrogen-bond acceptors (Lipinski definition) is 5. The smallest absolute Gasteiger partial charge is 0.236 e. The lowest BCUT2D eigenvalue weighted by molar-refractivity contribution is -0.131. The summed E-state index contributed by atoms with van der Waals surface area (Å²) in [6.45, 7) is 4.47. The van der Waals surface area contributed by atoms with Gasteiger partial charge in [-0.1, -0.05) is 6.07 Å². The van der Waals surface area contributed by atoms with E-state index < -0.39 is 0 Å². The van der Waals surface area contributed by atoms with Crippen molar-refractivity contribution in [2.24, 2.45) is 5.92 Å². The summed E-state index contributed by atoms with van der Waals surface area (Å²) in [6, 6.07) is 4.35. The van der Waals surface area contributed by atoms with Gasteiger partial charge in [0.2, 0.25) is 11.8 Å². The molecule has 0 bridgehead atoms. The van der Waals surface area contributed by atoms with E-state index in [9.17, 15) is 9.59 Å². The molecule has 2 aliphatic rings. The van der Waals surface area contributed by atoms with Crippen LogP contribution in [0, 0.1) is 5.92 Å². The number of rotatable bonds is 6. The van der Waals surface area contributed by atoms with Crippen molar-refractivity contribution in [2.45, 2.75) is 38.3 Å². The van der Waals surface area contributed by atoms with E-state index in [1.165, 1.54) is 0 Å². The van der Waals surface area contributed by atoms with Crippen LogP contribution < -0.4 is 10.6 Å². The number of piperidine rings is 2. The van der Waals surface area contributed by atoms with Crippen LogP contribution in [0.3, 0.4) is 0 Å². The average molecular weight is 374 g/mol. The molecule has 2 saturated heterocycles. The first-order valence-corrected chi connectivity index (χ1v) is 10.0. The molecule has 2 amide bonds. The van der Waals surface area contributed by atoms with Crippen molar-refractivity contribution in [2.75, 3.05) is 39.8 Å². The van der Waals surface area contributed by atoms with Gasteiger partial charge in [-0.05, 0) is 50.9 Å². The van der Waals surface area contributed by atoms with Gasteiger partial charge >= 0.3 is 0 Å². The maximum absolute atomic E-state index is 12.6. The van der Waals surface area contributed by atoms with Crippen LogP contribution in [0.1, 0.15) is 31.2 Å². The number of carbonyl (C=O) groups excluding carboxylic acids is 2. The molecule has 0 aliphatic carbocycles. The topological polar surface area (TPSA) is 77.6 Å². The van der Waals surface area contributed by atoms with Crippen LogP contribution in [0.5, 0.6) is 0 Å². The largest absolute Gasteiger partial charge is 0.352 e. The minimum absolute atomic E-state index is 0.0550. The van der Waals surface area contributed by atoms with Crippen LogP contribution in [-0.2, 0) is 16.1 Å². The molecule has 2 aliphatic heterocycles. The number of carbonyl (C=O) groups is 2. The van der Waals surface area contributed by atoms with Crippen molar-refractivity contribution < 1.29 is 9.59 Å². The second-order valence-corrected chi connectivity index (χ2v) is 7.56. The summed E-state index contributed by atoms with van der Waals surface area (Å²) in [6.07, 6.45) is 7.54. The Morgan fingerprint density at radius 2 is 2.04 bits per heavy atom. The molecule has 1 aromatic heterocycles. The van der Waals surface area contributed by atoms with Crippen molar-refractivity contribution in [1.82, 2.24) is 25.4 Å². The van der Waals surface area contributed by atoms with Crippen molar-refractivity contribution >= 4 is 11.8 Å². The van der Waals surface area contributed by atoms with E-state index in [1.807, 2.05) is 17.0 Å². The highest BCUT2D eigenvalue weighted by Crippen LogP contribution is 2.24. The van der Waals surface area contributed by atoms with Crippen molar-refractivity contribution in [1.29, 1.82) is 0 Å². The molecule has 1 atom stereocenters. The Kier molecular flexibility index (Phi) is 7.18. The normalized spacial score (nSPS) is 21.8. The SMILES string of the molecule is CNCC(=O)N1CCC(N2CCC[C@@H](C(=O)NCc3cccnc3)C2)CC1. The lowest BCUT2D eigenvalue weighted by Gasteiger charge is -2.42. The maximum Gasteiger partial charge on any atom is 0.236 e. The van der Waals surface area contributed by atoms with Gasteiger partial charge in [-0.2, -0.15) is 0 Å². The summed E-state index contributed by atoms with van der Waals surface area (Å²) in [4.78, 5) is 33.1. The number of hydrogen-bond donors (Lipinski definition) is 2. The first kappa shape index (κ1) is 19.8. The quantitative estimate of drug-likeness (QED) is 0.764. The number of nitrogens with one attached hydrogen (secondary N) is 2. The van der Waals surface area contributed by atoms with Gasteiger partial charge in [0.15, 0.2) is 0 Å². The second kappa shape index (κ2) is 9.80. The molecule has 0 radical (unpaired) electrons. The molecule has 2 fully saturated rings. The summed E-state index contributed by atoms with van der Waals surface area (Å²) in [5, 5.41) is 5.99. The molecule has 3 rings (SSSR count). The van der Waals surface area contributed by atoms with Crippen molar-refractivity contribution in [3.8, 4) is 0 Å². The average Bonchev–Trinajstić information content (AvgIpc) is 2.73. The van der Waals surface area contributed by atoms with Gasteiger partial charge in [0.05, 0.1) is 12.5 Å². The van der Waals surface area contributed by atoms with E-state index in [0.717, 1.165) is 57.4 Å². The monoisotopic (exact) mass is 373 g/mol. The van der Waals surface area contributed by atoms with Crippen LogP contribution in [0.15, 0.2) is 24.5 Å². The standard InChI is InChI=1S/C20H31N5O2/c1-21-14-19(26)24-10-6-18(7-11-24)25-9-3-5-17(15-25)20(27)23-13-16-4-2-8-22-12-16/h2,4,8,12,17-18,21H,3,5-7,9-11,13-15H2,1H3,(H,23,27)/t17-/m1/s1. The lowest BCUT2D eigenvalue weighted by atomic mass is 9.93. The van der Waals surface area contributed by atoms with E-state index in [1.54, 1.807) is 19.4 Å². The summed E-state index contributed by atoms with van der Waals surface area (Å²) >= 11 is 0. The molecule has 0 aromatic carbocycles. The predicted octanol–water partition coefficient (Wildman–Crippen LogP) is 0.620. The Balaban J connectivity index is 1.45. The summed E-state index contributed by atoms with van der Waals surface area (Å²) in [5.41, 5.74) is 1.03. The molecular weight excluding hydrogens is 342 g/mol. The molecule has 0 saturated carbocycles. The summed E-state index contributed by atoms with van der Waals surface area (Å²) < 4.78 is 0. The molecule has 3 heterocycles. The Morgan fingerprint density at radius 1 is 1.22 bits per heavy atom. The maximum atomic E-state index is 12.6.